The molecule has 0 N–H and O–H groups in total. The lowest BCUT2D eigenvalue weighted by atomic mass is 10.1. The summed E-state index contributed by atoms with van der Waals surface area (Å²) in [5.74, 6) is 7.92. The molecule has 120 valence electrons. The summed E-state index contributed by atoms with van der Waals surface area (Å²) in [6, 6.07) is 4.78. The van der Waals surface area contributed by atoms with Crippen LogP contribution in [0.3, 0.4) is 0 Å². The molecule has 1 aromatic carbocycles. The van der Waals surface area contributed by atoms with Crippen LogP contribution in [0.5, 0.6) is 0 Å². The minimum absolute atomic E-state index is 0.973. The van der Waals surface area contributed by atoms with Crippen molar-refractivity contribution in [3.63, 3.8) is 0 Å². The van der Waals surface area contributed by atoms with Gasteiger partial charge in [0.2, 0.25) is 0 Å². The van der Waals surface area contributed by atoms with E-state index >= 15 is 0 Å². The van der Waals surface area contributed by atoms with E-state index in [9.17, 15) is 0 Å². The van der Waals surface area contributed by atoms with Crippen LogP contribution in [0.1, 0.15) is 16.7 Å². The van der Waals surface area contributed by atoms with E-state index in [1.807, 2.05) is 11.8 Å². The molecular formula is C18H28S2Si2. The Morgan fingerprint density at radius 2 is 1.82 bits per heavy atom. The fourth-order valence-electron chi connectivity index (χ4n) is 2.87. The average molecular weight is 365 g/mol. The molecule has 1 aromatic rings. The monoisotopic (exact) mass is 364 g/mol. The summed E-state index contributed by atoms with van der Waals surface area (Å²) in [5, 5.41) is 1.74. The molecule has 1 aliphatic heterocycles. The first-order chi connectivity index (χ1) is 10.2. The SMILES string of the molecule is C[Si](C)(C)C#CCSCc1ccc2c(c1[Si](C)(C)C)CSC2. The highest BCUT2D eigenvalue weighted by molar-refractivity contribution is 7.98. The number of rotatable bonds is 4. The quantitative estimate of drug-likeness (QED) is 0.414. The highest BCUT2D eigenvalue weighted by atomic mass is 32.2. The Labute approximate surface area is 147 Å². The number of hydrogen-bond acceptors (Lipinski definition) is 2. The molecule has 4 heteroatoms. The third-order valence-electron chi connectivity index (χ3n) is 3.65. The molecule has 1 heterocycles. The molecule has 0 aliphatic carbocycles. The van der Waals surface area contributed by atoms with Crippen LogP contribution in [-0.4, -0.2) is 21.9 Å². The van der Waals surface area contributed by atoms with Gasteiger partial charge in [-0.1, -0.05) is 62.5 Å². The number of benzene rings is 1. The summed E-state index contributed by atoms with van der Waals surface area (Å²) < 4.78 is 0. The molecule has 0 radical (unpaired) electrons. The van der Waals surface area contributed by atoms with E-state index in [0.717, 1.165) is 11.5 Å². The molecule has 0 nitrogen and oxygen atoms in total. The van der Waals surface area contributed by atoms with Gasteiger partial charge in [0.05, 0.1) is 13.8 Å². The number of thioether (sulfide) groups is 2. The molecule has 0 fully saturated rings. The maximum atomic E-state index is 3.47. The van der Waals surface area contributed by atoms with E-state index in [-0.39, 0.29) is 0 Å². The lowest BCUT2D eigenvalue weighted by molar-refractivity contribution is 1.31. The molecule has 0 saturated carbocycles. The van der Waals surface area contributed by atoms with Gasteiger partial charge in [0.25, 0.3) is 0 Å². The summed E-state index contributed by atoms with van der Waals surface area (Å²) in [7, 11) is -2.50. The van der Waals surface area contributed by atoms with Crippen molar-refractivity contribution in [2.45, 2.75) is 56.5 Å². The molecule has 1 aliphatic rings. The standard InChI is InChI=1S/C18H28S2Si2/c1-21(2,3)11-7-10-19-13-16-9-8-15-12-20-14-17(15)18(16)22(4,5)6/h8-9H,10,12-14H2,1-6H3. The van der Waals surface area contributed by atoms with Crippen LogP contribution in [0.4, 0.5) is 0 Å². The van der Waals surface area contributed by atoms with Crippen LogP contribution in [0.25, 0.3) is 0 Å². The van der Waals surface area contributed by atoms with E-state index in [4.69, 9.17) is 0 Å². The Morgan fingerprint density at radius 3 is 2.45 bits per heavy atom. The molecule has 0 aromatic heterocycles. The van der Waals surface area contributed by atoms with Gasteiger partial charge in [0.15, 0.2) is 0 Å². The van der Waals surface area contributed by atoms with Gasteiger partial charge < -0.3 is 0 Å². The molecule has 22 heavy (non-hydrogen) atoms. The van der Waals surface area contributed by atoms with Crippen molar-refractivity contribution in [2.24, 2.45) is 0 Å². The minimum Gasteiger partial charge on any atom is -0.152 e. The van der Waals surface area contributed by atoms with E-state index in [2.05, 4.69) is 74.6 Å². The Morgan fingerprint density at radius 1 is 1.09 bits per heavy atom. The van der Waals surface area contributed by atoms with Crippen LogP contribution in [0.15, 0.2) is 12.1 Å². The van der Waals surface area contributed by atoms with Crippen LogP contribution in [-0.2, 0) is 17.3 Å². The van der Waals surface area contributed by atoms with E-state index in [0.29, 0.717) is 0 Å². The number of hydrogen-bond donors (Lipinski definition) is 0. The third kappa shape index (κ3) is 4.96. The zero-order valence-electron chi connectivity index (χ0n) is 14.8. The van der Waals surface area contributed by atoms with Gasteiger partial charge in [-0.05, 0) is 16.7 Å². The third-order valence-corrected chi connectivity index (χ3v) is 8.57. The normalized spacial score (nSPS) is 14.5. The lowest BCUT2D eigenvalue weighted by Gasteiger charge is -2.24. The molecule has 0 atom stereocenters. The fourth-order valence-corrected chi connectivity index (χ4v) is 8.03. The Bertz CT molecular complexity index is 598. The minimum atomic E-state index is -1.29. The summed E-state index contributed by atoms with van der Waals surface area (Å²) in [5.41, 5.74) is 8.32. The highest BCUT2D eigenvalue weighted by Gasteiger charge is 2.27. The van der Waals surface area contributed by atoms with Crippen molar-refractivity contribution in [3.8, 4) is 11.5 Å². The van der Waals surface area contributed by atoms with Crippen molar-refractivity contribution in [3.05, 3.63) is 28.8 Å². The molecule has 0 saturated heterocycles. The summed E-state index contributed by atoms with van der Waals surface area (Å²) in [6.07, 6.45) is 0. The fraction of sp³-hybridized carbons (Fsp3) is 0.556. The van der Waals surface area contributed by atoms with Crippen molar-refractivity contribution >= 4 is 44.9 Å². The highest BCUT2D eigenvalue weighted by Crippen LogP contribution is 2.31. The van der Waals surface area contributed by atoms with Crippen molar-refractivity contribution in [1.29, 1.82) is 0 Å². The second kappa shape index (κ2) is 7.21. The van der Waals surface area contributed by atoms with Gasteiger partial charge in [-0.2, -0.15) is 11.8 Å². The molecular weight excluding hydrogens is 337 g/mol. The maximum absolute atomic E-state index is 3.47. The van der Waals surface area contributed by atoms with Crippen LogP contribution in [0.2, 0.25) is 39.3 Å². The van der Waals surface area contributed by atoms with Gasteiger partial charge in [-0.25, -0.2) is 0 Å². The first kappa shape index (κ1) is 18.3. The Balaban J connectivity index is 2.13. The van der Waals surface area contributed by atoms with E-state index in [1.165, 1.54) is 11.5 Å². The second-order valence-corrected chi connectivity index (χ2v) is 19.7. The van der Waals surface area contributed by atoms with Crippen LogP contribution < -0.4 is 5.19 Å². The van der Waals surface area contributed by atoms with E-state index in [1.54, 1.807) is 21.9 Å². The number of fused-ring (bicyclic) bond motifs is 1. The largest absolute Gasteiger partial charge is 0.152 e. The average Bonchev–Trinajstić information content (AvgIpc) is 2.82. The summed E-state index contributed by atoms with van der Waals surface area (Å²) in [4.78, 5) is 0. The van der Waals surface area contributed by atoms with Crippen molar-refractivity contribution in [1.82, 2.24) is 0 Å². The van der Waals surface area contributed by atoms with Crippen molar-refractivity contribution < 1.29 is 0 Å². The molecule has 0 amide bonds. The topological polar surface area (TPSA) is 0 Å². The lowest BCUT2D eigenvalue weighted by Crippen LogP contribution is -2.42. The molecule has 2 rings (SSSR count). The molecule has 0 bridgehead atoms. The summed E-state index contributed by atoms with van der Waals surface area (Å²) in [6.45, 7) is 14.4. The van der Waals surface area contributed by atoms with Gasteiger partial charge in [0.1, 0.15) is 8.07 Å². The smallest absolute Gasteiger partial charge is 0.129 e. The Kier molecular flexibility index (Phi) is 5.98. The zero-order chi connectivity index (χ0) is 16.4. The molecule has 0 unspecified atom stereocenters. The maximum Gasteiger partial charge on any atom is 0.129 e. The predicted octanol–water partition coefficient (Wildman–Crippen LogP) is 5.09. The van der Waals surface area contributed by atoms with Crippen LogP contribution >= 0.6 is 23.5 Å². The van der Waals surface area contributed by atoms with Gasteiger partial charge >= 0.3 is 0 Å². The summed E-state index contributed by atoms with van der Waals surface area (Å²) >= 11 is 4.06. The van der Waals surface area contributed by atoms with Crippen molar-refractivity contribution in [2.75, 3.05) is 5.75 Å². The van der Waals surface area contributed by atoms with Gasteiger partial charge in [0, 0.05) is 17.3 Å². The molecule has 0 spiro atoms. The van der Waals surface area contributed by atoms with Crippen LogP contribution in [0, 0.1) is 11.5 Å². The predicted molar refractivity (Wildman–Crippen MR) is 112 cm³/mol. The Hall–Kier alpha value is -0.0862. The second-order valence-electron chi connectivity index (χ2n) is 8.02. The van der Waals surface area contributed by atoms with Gasteiger partial charge in [-0.3, -0.25) is 0 Å². The first-order valence-corrected chi connectivity index (χ1v) is 17.3. The van der Waals surface area contributed by atoms with E-state index < -0.39 is 16.1 Å². The van der Waals surface area contributed by atoms with Gasteiger partial charge in [-0.15, -0.1) is 17.3 Å². The zero-order valence-corrected chi connectivity index (χ0v) is 18.4. The first-order valence-electron chi connectivity index (χ1n) is 7.98.